The van der Waals surface area contributed by atoms with E-state index in [0.717, 1.165) is 31.2 Å². The summed E-state index contributed by atoms with van der Waals surface area (Å²) in [4.78, 5) is 30.5. The van der Waals surface area contributed by atoms with E-state index < -0.39 is 11.7 Å². The molecule has 1 amide bonds. The summed E-state index contributed by atoms with van der Waals surface area (Å²) in [7, 11) is 1.50. The first kappa shape index (κ1) is 30.5. The Morgan fingerprint density at radius 3 is 2.69 bits per heavy atom. The third-order valence-electron chi connectivity index (χ3n) is 8.18. The lowest BCUT2D eigenvalue weighted by atomic mass is 9.72. The number of unbranched alkanes of at least 4 members (excludes halogenated alkanes) is 1. The summed E-state index contributed by atoms with van der Waals surface area (Å²) in [5.74, 6) is 0.448. The fourth-order valence-corrected chi connectivity index (χ4v) is 6.07. The van der Waals surface area contributed by atoms with Crippen molar-refractivity contribution in [1.29, 1.82) is 0 Å². The predicted molar refractivity (Wildman–Crippen MR) is 149 cm³/mol. The first-order chi connectivity index (χ1) is 18.6. The van der Waals surface area contributed by atoms with Crippen molar-refractivity contribution < 1.29 is 29.3 Å². The van der Waals surface area contributed by atoms with Crippen LogP contribution in [0.5, 0.6) is 11.5 Å². The molecule has 10 nitrogen and oxygen atoms in total. The summed E-state index contributed by atoms with van der Waals surface area (Å²) in [5.41, 5.74) is 11.6. The van der Waals surface area contributed by atoms with E-state index in [0.29, 0.717) is 62.9 Å². The molecule has 0 spiro atoms. The number of phenolic OH excluding ortho intramolecular Hbond substituents is 1. The molecule has 1 saturated heterocycles. The number of aliphatic imine (C=N–C) groups is 1. The first-order valence-corrected chi connectivity index (χ1v) is 14.1. The molecule has 1 aromatic rings. The van der Waals surface area contributed by atoms with E-state index in [-0.39, 0.29) is 42.0 Å². The summed E-state index contributed by atoms with van der Waals surface area (Å²) in [6, 6.07) is 3.68. The van der Waals surface area contributed by atoms with Crippen LogP contribution in [0.1, 0.15) is 82.8 Å². The third kappa shape index (κ3) is 8.49. The van der Waals surface area contributed by atoms with Gasteiger partial charge < -0.3 is 36.1 Å². The molecule has 1 aliphatic heterocycles. The number of amides is 1. The monoisotopic (exact) mass is 546 g/mol. The number of hydrogen-bond donors (Lipinski definition) is 4. The average Bonchev–Trinajstić information content (AvgIpc) is 3.22. The van der Waals surface area contributed by atoms with Gasteiger partial charge in [0.1, 0.15) is 5.60 Å². The van der Waals surface area contributed by atoms with Crippen LogP contribution in [-0.4, -0.2) is 64.9 Å². The normalized spacial score (nSPS) is 25.0. The number of carbonyl (C=O) groups excluding carboxylic acids is 2. The summed E-state index contributed by atoms with van der Waals surface area (Å²) in [5, 5.41) is 21.7. The van der Waals surface area contributed by atoms with Gasteiger partial charge in [0.05, 0.1) is 13.2 Å². The molecule has 10 heteroatoms. The van der Waals surface area contributed by atoms with Crippen molar-refractivity contribution in [3.05, 3.63) is 23.3 Å². The van der Waals surface area contributed by atoms with E-state index in [1.807, 2.05) is 6.07 Å². The predicted octanol–water partition coefficient (Wildman–Crippen LogP) is 3.00. The van der Waals surface area contributed by atoms with Gasteiger partial charge in [0.15, 0.2) is 17.5 Å². The molecule has 2 fully saturated rings. The Morgan fingerprint density at radius 1 is 1.28 bits per heavy atom. The Hall–Kier alpha value is -3.01. The minimum atomic E-state index is -0.729. The van der Waals surface area contributed by atoms with Gasteiger partial charge in [-0.05, 0) is 62.0 Å². The molecule has 0 unspecified atom stereocenters. The average molecular weight is 547 g/mol. The maximum Gasteiger partial charge on any atom is 0.303 e. The number of aryl methyl sites for hydroxylation is 1. The molecule has 1 saturated carbocycles. The lowest BCUT2D eigenvalue weighted by Gasteiger charge is -2.42. The number of phenols is 1. The Labute approximate surface area is 231 Å². The number of ether oxygens (including phenoxy) is 2. The van der Waals surface area contributed by atoms with Crippen LogP contribution in [0.4, 0.5) is 0 Å². The highest BCUT2D eigenvalue weighted by molar-refractivity contribution is 5.79. The second-order valence-corrected chi connectivity index (χ2v) is 11.2. The lowest BCUT2D eigenvalue weighted by molar-refractivity contribution is -0.168. The molecule has 218 valence electrons. The van der Waals surface area contributed by atoms with Gasteiger partial charge in [-0.2, -0.15) is 0 Å². The highest BCUT2D eigenvalue weighted by atomic mass is 16.6. The Bertz CT molecular complexity index is 1030. The fraction of sp³-hybridized carbons (Fsp3) is 0.690. The number of guanidine groups is 1. The Morgan fingerprint density at radius 2 is 2.05 bits per heavy atom. The molecular formula is C29H46N4O6. The van der Waals surface area contributed by atoms with E-state index in [2.05, 4.69) is 11.9 Å². The molecule has 0 aromatic heterocycles. The summed E-state index contributed by atoms with van der Waals surface area (Å²) in [6.45, 7) is 4.86. The van der Waals surface area contributed by atoms with Gasteiger partial charge in [-0.25, -0.2) is 0 Å². The van der Waals surface area contributed by atoms with Gasteiger partial charge in [-0.3, -0.25) is 14.6 Å². The number of benzene rings is 1. The molecule has 1 heterocycles. The summed E-state index contributed by atoms with van der Waals surface area (Å²) in [6.07, 6.45) is 6.84. The number of aliphatic hydroxyl groups excluding tert-OH is 1. The number of nitrogens with zero attached hydrogens (tertiary/aromatic N) is 2. The SMILES string of the molecule is CCCC[C@@H]1CC[C@](CCc2cc(CN3C[C@H](CCN=C(N)N)CC3=O)c(O)c(OC)c2)(OC(C)=O)C[C@H]1O. The van der Waals surface area contributed by atoms with Crippen molar-refractivity contribution in [3.63, 3.8) is 0 Å². The van der Waals surface area contributed by atoms with E-state index in [1.54, 1.807) is 11.0 Å². The Balaban J connectivity index is 1.71. The number of nitrogens with two attached hydrogens (primary N) is 2. The molecule has 3 rings (SSSR count). The summed E-state index contributed by atoms with van der Waals surface area (Å²) < 4.78 is 11.3. The van der Waals surface area contributed by atoms with Crippen molar-refractivity contribution >= 4 is 17.8 Å². The van der Waals surface area contributed by atoms with E-state index >= 15 is 0 Å². The third-order valence-corrected chi connectivity index (χ3v) is 8.18. The molecule has 0 bridgehead atoms. The van der Waals surface area contributed by atoms with Gasteiger partial charge in [-0.15, -0.1) is 0 Å². The van der Waals surface area contributed by atoms with Crippen LogP contribution in [-0.2, 0) is 27.3 Å². The van der Waals surface area contributed by atoms with Crippen molar-refractivity contribution in [2.45, 2.75) is 96.3 Å². The zero-order chi connectivity index (χ0) is 28.6. The van der Waals surface area contributed by atoms with Gasteiger partial charge in [0.2, 0.25) is 5.91 Å². The topological polar surface area (TPSA) is 161 Å². The van der Waals surface area contributed by atoms with Gasteiger partial charge in [-0.1, -0.05) is 25.8 Å². The minimum absolute atomic E-state index is 0.0135. The summed E-state index contributed by atoms with van der Waals surface area (Å²) >= 11 is 0. The number of carbonyl (C=O) groups is 2. The first-order valence-electron chi connectivity index (χ1n) is 14.1. The minimum Gasteiger partial charge on any atom is -0.504 e. The van der Waals surface area contributed by atoms with Gasteiger partial charge in [0, 0.05) is 45.0 Å². The van der Waals surface area contributed by atoms with Gasteiger partial charge in [0.25, 0.3) is 0 Å². The standard InChI is InChI=1S/C29H46N4O6/c1-4-5-6-22-8-11-29(16-24(22)35,39-19(2)34)10-7-20-13-23(27(37)25(14-20)38-3)18-33-17-21(15-26(33)36)9-12-32-28(30)31/h13-14,21-22,24,35,37H,4-12,15-18H2,1-3H3,(H4,30,31,32)/t21-,22-,24-,29+/m1/s1. The van der Waals surface area contributed by atoms with Gasteiger partial charge >= 0.3 is 5.97 Å². The second-order valence-electron chi connectivity index (χ2n) is 11.2. The van der Waals surface area contributed by atoms with Crippen LogP contribution in [0, 0.1) is 11.8 Å². The van der Waals surface area contributed by atoms with Crippen LogP contribution >= 0.6 is 0 Å². The number of aliphatic hydroxyl groups is 1. The smallest absolute Gasteiger partial charge is 0.303 e. The van der Waals surface area contributed by atoms with Crippen LogP contribution in [0.15, 0.2) is 17.1 Å². The largest absolute Gasteiger partial charge is 0.504 e. The van der Waals surface area contributed by atoms with Crippen LogP contribution in [0.2, 0.25) is 0 Å². The highest BCUT2D eigenvalue weighted by Gasteiger charge is 2.42. The maximum absolute atomic E-state index is 12.7. The van der Waals surface area contributed by atoms with E-state index in [1.165, 1.54) is 14.0 Å². The molecular weight excluding hydrogens is 500 g/mol. The highest BCUT2D eigenvalue weighted by Crippen LogP contribution is 2.41. The number of hydrogen-bond acceptors (Lipinski definition) is 7. The van der Waals surface area contributed by atoms with Crippen LogP contribution < -0.4 is 16.2 Å². The van der Waals surface area contributed by atoms with Crippen molar-refractivity contribution in [2.75, 3.05) is 20.2 Å². The number of likely N-dealkylation sites (tertiary alicyclic amines) is 1. The molecule has 1 aliphatic carbocycles. The number of methoxy groups -OCH3 is 1. The molecule has 0 radical (unpaired) electrons. The van der Waals surface area contributed by atoms with Crippen molar-refractivity contribution in [1.82, 2.24) is 4.90 Å². The van der Waals surface area contributed by atoms with Crippen molar-refractivity contribution in [2.24, 2.45) is 28.3 Å². The quantitative estimate of drug-likeness (QED) is 0.167. The zero-order valence-electron chi connectivity index (χ0n) is 23.7. The Kier molecular flexibility index (Phi) is 10.9. The number of aromatic hydroxyl groups is 1. The molecule has 4 atom stereocenters. The number of rotatable bonds is 13. The molecule has 39 heavy (non-hydrogen) atoms. The van der Waals surface area contributed by atoms with Crippen molar-refractivity contribution in [3.8, 4) is 11.5 Å². The fourth-order valence-electron chi connectivity index (χ4n) is 6.07. The lowest BCUT2D eigenvalue weighted by Crippen LogP contribution is -2.45. The van der Waals surface area contributed by atoms with E-state index in [9.17, 15) is 19.8 Å². The van der Waals surface area contributed by atoms with Crippen LogP contribution in [0.25, 0.3) is 0 Å². The van der Waals surface area contributed by atoms with Crippen LogP contribution in [0.3, 0.4) is 0 Å². The maximum atomic E-state index is 12.7. The zero-order valence-corrected chi connectivity index (χ0v) is 23.7. The van der Waals surface area contributed by atoms with E-state index in [4.69, 9.17) is 20.9 Å². The molecule has 1 aromatic carbocycles. The molecule has 6 N–H and O–H groups in total. The molecule has 2 aliphatic rings. The number of esters is 1. The second kappa shape index (κ2) is 13.9.